The minimum atomic E-state index is -3.68. The van der Waals surface area contributed by atoms with Gasteiger partial charge in [-0.05, 0) is 62.3 Å². The molecule has 9 nitrogen and oxygen atoms in total. The monoisotopic (exact) mass is 536 g/mol. The fourth-order valence-electron chi connectivity index (χ4n) is 5.46. The molecule has 2 aromatic heterocycles. The van der Waals surface area contributed by atoms with Crippen LogP contribution in [0.4, 0.5) is 0 Å². The minimum absolute atomic E-state index is 0.181. The van der Waals surface area contributed by atoms with Gasteiger partial charge in [0.25, 0.3) is 0 Å². The largest absolute Gasteiger partial charge is 0.342 e. The van der Waals surface area contributed by atoms with E-state index in [-0.39, 0.29) is 16.7 Å². The maximum Gasteiger partial charge on any atom is 0.243 e. The topological polar surface area (TPSA) is 101 Å². The molecule has 1 unspecified atom stereocenters. The van der Waals surface area contributed by atoms with E-state index in [1.807, 2.05) is 27.7 Å². The van der Waals surface area contributed by atoms with Crippen LogP contribution in [0.2, 0.25) is 0 Å². The summed E-state index contributed by atoms with van der Waals surface area (Å²) in [5.74, 6) is 2.07. The molecule has 2 aliphatic rings. The smallest absolute Gasteiger partial charge is 0.243 e. The van der Waals surface area contributed by atoms with Crippen molar-refractivity contribution in [1.29, 1.82) is 0 Å². The first-order valence-corrected chi connectivity index (χ1v) is 15.0. The average molecular weight is 537 g/mol. The number of likely N-dealkylation sites (tertiary alicyclic amines) is 1. The Bertz CT molecular complexity index is 1320. The van der Waals surface area contributed by atoms with Gasteiger partial charge in [-0.15, -0.1) is 10.2 Å². The van der Waals surface area contributed by atoms with Crippen LogP contribution in [0.5, 0.6) is 0 Å². The van der Waals surface area contributed by atoms with Gasteiger partial charge in [0.05, 0.1) is 4.90 Å². The van der Waals surface area contributed by atoms with Crippen LogP contribution < -0.4 is 0 Å². The number of rotatable bonds is 4. The van der Waals surface area contributed by atoms with E-state index >= 15 is 0 Å². The number of benzene rings is 1. The number of carbonyl (C=O) groups excluding carboxylic acids is 1. The van der Waals surface area contributed by atoms with Crippen molar-refractivity contribution in [2.45, 2.75) is 56.9 Å². The number of fused-ring (bicyclic) bond motifs is 1. The number of nitrogens with zero attached hydrogens (tertiary/aromatic N) is 6. The van der Waals surface area contributed by atoms with Gasteiger partial charge in [-0.25, -0.2) is 8.42 Å². The number of amides is 1. The third kappa shape index (κ3) is 5.81. The van der Waals surface area contributed by atoms with Crippen molar-refractivity contribution in [3.8, 4) is 11.4 Å². The molecule has 4 heterocycles. The third-order valence-corrected chi connectivity index (χ3v) is 9.73. The summed E-state index contributed by atoms with van der Waals surface area (Å²) in [6.45, 7) is 5.09. The van der Waals surface area contributed by atoms with Crippen molar-refractivity contribution >= 4 is 15.9 Å². The Morgan fingerprint density at radius 2 is 1.68 bits per heavy atom. The van der Waals surface area contributed by atoms with Crippen LogP contribution in [0.25, 0.3) is 11.4 Å². The van der Waals surface area contributed by atoms with Crippen LogP contribution in [0, 0.1) is 11.8 Å². The highest BCUT2D eigenvalue weighted by Gasteiger charge is 2.30. The maximum absolute atomic E-state index is 13.7. The number of aromatic nitrogens is 4. The van der Waals surface area contributed by atoms with Crippen molar-refractivity contribution < 1.29 is 13.2 Å². The fourth-order valence-corrected chi connectivity index (χ4v) is 6.96. The number of hydrogen-bond acceptors (Lipinski definition) is 6. The van der Waals surface area contributed by atoms with Crippen molar-refractivity contribution in [3.63, 3.8) is 0 Å². The van der Waals surface area contributed by atoms with Gasteiger partial charge in [-0.3, -0.25) is 9.78 Å². The molecule has 10 heteroatoms. The van der Waals surface area contributed by atoms with Gasteiger partial charge in [-0.2, -0.15) is 4.31 Å². The number of sulfonamides is 1. The second kappa shape index (κ2) is 11.7. The Labute approximate surface area is 224 Å². The van der Waals surface area contributed by atoms with Crippen LogP contribution in [0.3, 0.4) is 0 Å². The molecule has 38 heavy (non-hydrogen) atoms. The van der Waals surface area contributed by atoms with Crippen molar-refractivity contribution in [2.75, 3.05) is 26.2 Å². The van der Waals surface area contributed by atoms with Crippen LogP contribution >= 0.6 is 0 Å². The zero-order valence-electron chi connectivity index (χ0n) is 21.9. The van der Waals surface area contributed by atoms with Crippen molar-refractivity contribution in [1.82, 2.24) is 29.0 Å². The molecule has 1 saturated heterocycles. The number of carbonyl (C=O) groups is 1. The van der Waals surface area contributed by atoms with Gasteiger partial charge >= 0.3 is 0 Å². The predicted octanol–water partition coefficient (Wildman–Crippen LogP) is 3.63. The van der Waals surface area contributed by atoms with Gasteiger partial charge in [0.15, 0.2) is 5.82 Å². The van der Waals surface area contributed by atoms with Crippen LogP contribution in [-0.4, -0.2) is 69.5 Å². The Morgan fingerprint density at radius 1 is 0.895 bits per heavy atom. The number of hydrogen-bond donors (Lipinski definition) is 0. The van der Waals surface area contributed by atoms with E-state index in [2.05, 4.69) is 22.1 Å². The molecule has 0 aliphatic carbocycles. The summed E-state index contributed by atoms with van der Waals surface area (Å²) in [5, 5.41) is 8.92. The predicted molar refractivity (Wildman–Crippen MR) is 144 cm³/mol. The summed E-state index contributed by atoms with van der Waals surface area (Å²) in [6, 6.07) is 12.4. The highest BCUT2D eigenvalue weighted by Crippen LogP contribution is 2.26. The van der Waals surface area contributed by atoms with Gasteiger partial charge < -0.3 is 9.47 Å². The number of piperidine rings is 1. The molecule has 1 amide bonds. The van der Waals surface area contributed by atoms with Gasteiger partial charge in [0, 0.05) is 63.0 Å². The molecular formula is C28H36N6O3S. The molecule has 0 spiro atoms. The first-order valence-electron chi connectivity index (χ1n) is 13.6. The van der Waals surface area contributed by atoms with Gasteiger partial charge in [-0.1, -0.05) is 25.1 Å². The molecule has 0 N–H and O–H groups in total. The zero-order chi connectivity index (χ0) is 26.5. The Balaban J connectivity index is 1.46. The van der Waals surface area contributed by atoms with Crippen LogP contribution in [0.15, 0.2) is 59.8 Å². The first kappa shape index (κ1) is 26.5. The van der Waals surface area contributed by atoms with Gasteiger partial charge in [0.1, 0.15) is 5.82 Å². The molecule has 2 aliphatic heterocycles. The van der Waals surface area contributed by atoms with Gasteiger partial charge in [0.2, 0.25) is 15.9 Å². The van der Waals surface area contributed by atoms with E-state index in [1.165, 1.54) is 0 Å². The Morgan fingerprint density at radius 3 is 2.42 bits per heavy atom. The average Bonchev–Trinajstić information content (AvgIpc) is 3.34. The van der Waals surface area contributed by atoms with E-state index < -0.39 is 10.0 Å². The molecule has 0 radical (unpaired) electrons. The highest BCUT2D eigenvalue weighted by molar-refractivity contribution is 7.89. The van der Waals surface area contributed by atoms with Crippen molar-refractivity contribution in [2.24, 2.45) is 11.8 Å². The zero-order valence-corrected chi connectivity index (χ0v) is 22.8. The maximum atomic E-state index is 13.7. The van der Waals surface area contributed by atoms with E-state index in [9.17, 15) is 13.2 Å². The quantitative estimate of drug-likeness (QED) is 0.505. The summed E-state index contributed by atoms with van der Waals surface area (Å²) in [7, 11) is -3.68. The lowest BCUT2D eigenvalue weighted by molar-refractivity contribution is -0.137. The molecule has 202 valence electrons. The fraction of sp³-hybridized carbons (Fsp3) is 0.500. The van der Waals surface area contributed by atoms with E-state index in [1.54, 1.807) is 41.0 Å². The highest BCUT2D eigenvalue weighted by atomic mass is 32.2. The van der Waals surface area contributed by atoms with Crippen LogP contribution in [-0.2, 0) is 27.8 Å². The molecular weight excluding hydrogens is 500 g/mol. The summed E-state index contributed by atoms with van der Waals surface area (Å²) >= 11 is 0. The second-order valence-electron chi connectivity index (χ2n) is 10.4. The van der Waals surface area contributed by atoms with E-state index in [0.29, 0.717) is 57.1 Å². The van der Waals surface area contributed by atoms with Crippen LogP contribution in [0.1, 0.15) is 44.9 Å². The lowest BCUT2D eigenvalue weighted by Crippen LogP contribution is -2.42. The lowest BCUT2D eigenvalue weighted by atomic mass is 9.94. The minimum Gasteiger partial charge on any atom is -0.342 e. The Hall–Kier alpha value is -3.11. The molecule has 3 aromatic rings. The standard InChI is InChI=1S/C28H36N6O3S/c1-22-11-17-32(18-12-22)28(35)23-8-6-16-33(38(36,37)25-9-3-2-4-10-25)19-14-26-30-31-27(34(26)20-13-23)24-7-5-15-29-21-24/h2-5,7,9-10,15,21-23H,6,8,11-14,16-20H2,1H3. The van der Waals surface area contributed by atoms with E-state index in [0.717, 1.165) is 37.3 Å². The normalized spacial score (nSPS) is 20.4. The summed E-state index contributed by atoms with van der Waals surface area (Å²) in [4.78, 5) is 20.2. The molecule has 5 rings (SSSR count). The molecule has 0 saturated carbocycles. The SMILES string of the molecule is CC1CCN(C(=O)C2CCCN(S(=O)(=O)c3ccccc3)CCc3nnc(-c4cccnc4)n3CC2)CC1. The molecule has 0 bridgehead atoms. The van der Waals surface area contributed by atoms with Crippen molar-refractivity contribution in [3.05, 3.63) is 60.7 Å². The third-order valence-electron chi connectivity index (χ3n) is 7.82. The van der Waals surface area contributed by atoms with E-state index in [4.69, 9.17) is 0 Å². The Kier molecular flexibility index (Phi) is 8.18. The summed E-state index contributed by atoms with van der Waals surface area (Å²) < 4.78 is 30.7. The number of pyridine rings is 1. The molecule has 1 atom stereocenters. The summed E-state index contributed by atoms with van der Waals surface area (Å²) in [6.07, 6.45) is 7.90. The molecule has 1 aromatic carbocycles. The lowest BCUT2D eigenvalue weighted by Gasteiger charge is -2.33. The summed E-state index contributed by atoms with van der Waals surface area (Å²) in [5.41, 5.74) is 0.850. The molecule has 1 fully saturated rings. The second-order valence-corrected chi connectivity index (χ2v) is 12.4. The first-order chi connectivity index (χ1) is 18.4.